The van der Waals surface area contributed by atoms with Crippen LogP contribution in [0.4, 0.5) is 4.79 Å². The van der Waals surface area contributed by atoms with E-state index in [2.05, 4.69) is 24.5 Å². The molecule has 0 radical (unpaired) electrons. The summed E-state index contributed by atoms with van der Waals surface area (Å²) < 4.78 is 5.21. The van der Waals surface area contributed by atoms with Gasteiger partial charge in [0.15, 0.2) is 0 Å². The summed E-state index contributed by atoms with van der Waals surface area (Å²) in [5.74, 6) is 1.14. The van der Waals surface area contributed by atoms with Gasteiger partial charge < -0.3 is 15.4 Å². The van der Waals surface area contributed by atoms with Crippen LogP contribution in [0.5, 0.6) is 0 Å². The van der Waals surface area contributed by atoms with Gasteiger partial charge in [0, 0.05) is 19.1 Å². The van der Waals surface area contributed by atoms with E-state index in [0.29, 0.717) is 24.4 Å². The van der Waals surface area contributed by atoms with Crippen molar-refractivity contribution in [3.8, 4) is 0 Å². The van der Waals surface area contributed by atoms with Crippen molar-refractivity contribution < 1.29 is 9.53 Å². The second kappa shape index (κ2) is 5.71. The van der Waals surface area contributed by atoms with Crippen LogP contribution < -0.4 is 10.6 Å². The zero-order valence-corrected chi connectivity index (χ0v) is 11.7. The first-order valence-corrected chi connectivity index (χ1v) is 6.48. The van der Waals surface area contributed by atoms with Crippen molar-refractivity contribution in [2.75, 3.05) is 13.1 Å². The minimum Gasteiger partial charge on any atom is -0.444 e. The van der Waals surface area contributed by atoms with Gasteiger partial charge in [-0.25, -0.2) is 4.79 Å². The molecule has 1 heterocycles. The molecule has 3 unspecified atom stereocenters. The highest BCUT2D eigenvalue weighted by atomic mass is 16.6. The number of amides is 1. The lowest BCUT2D eigenvalue weighted by Gasteiger charge is -2.33. The Kier molecular flexibility index (Phi) is 4.80. The minimum atomic E-state index is -0.422. The maximum atomic E-state index is 11.5. The van der Waals surface area contributed by atoms with Crippen LogP contribution >= 0.6 is 0 Å². The highest BCUT2D eigenvalue weighted by Gasteiger charge is 2.25. The molecule has 1 amide bonds. The fraction of sp³-hybridized carbons (Fsp3) is 0.923. The Hall–Kier alpha value is -0.770. The highest BCUT2D eigenvalue weighted by Crippen LogP contribution is 2.21. The van der Waals surface area contributed by atoms with Gasteiger partial charge in [-0.05, 0) is 46.0 Å². The maximum absolute atomic E-state index is 11.5. The quantitative estimate of drug-likeness (QED) is 0.780. The fourth-order valence-corrected chi connectivity index (χ4v) is 2.19. The van der Waals surface area contributed by atoms with Crippen LogP contribution in [0.15, 0.2) is 0 Å². The molecule has 1 aliphatic heterocycles. The Morgan fingerprint density at radius 1 is 1.41 bits per heavy atom. The van der Waals surface area contributed by atoms with Crippen LogP contribution in [-0.4, -0.2) is 30.8 Å². The lowest BCUT2D eigenvalue weighted by molar-refractivity contribution is 0.0508. The van der Waals surface area contributed by atoms with Gasteiger partial charge in [-0.15, -0.1) is 0 Å². The monoisotopic (exact) mass is 242 g/mol. The molecule has 0 aliphatic carbocycles. The average Bonchev–Trinajstić information content (AvgIpc) is 2.13. The Morgan fingerprint density at radius 2 is 2.06 bits per heavy atom. The third-order valence-corrected chi connectivity index (χ3v) is 3.17. The van der Waals surface area contributed by atoms with E-state index < -0.39 is 5.60 Å². The van der Waals surface area contributed by atoms with Crippen LogP contribution in [0.1, 0.15) is 41.0 Å². The lowest BCUT2D eigenvalue weighted by Crippen LogP contribution is -2.46. The van der Waals surface area contributed by atoms with Crippen molar-refractivity contribution in [2.24, 2.45) is 11.8 Å². The molecule has 0 saturated carbocycles. The Balaban J connectivity index is 2.28. The number of rotatable bonds is 2. The van der Waals surface area contributed by atoms with Crippen molar-refractivity contribution >= 4 is 6.09 Å². The molecule has 3 atom stereocenters. The van der Waals surface area contributed by atoms with Crippen molar-refractivity contribution in [2.45, 2.75) is 52.7 Å². The topological polar surface area (TPSA) is 50.4 Å². The number of carbonyl (C=O) groups excluding carboxylic acids is 1. The normalized spacial score (nSPS) is 29.8. The summed E-state index contributed by atoms with van der Waals surface area (Å²) in [6.45, 7) is 11.7. The van der Waals surface area contributed by atoms with Gasteiger partial charge in [-0.2, -0.15) is 0 Å². The fourth-order valence-electron chi connectivity index (χ4n) is 2.19. The number of nitrogens with one attached hydrogen (secondary N) is 2. The number of carbonyl (C=O) groups is 1. The third kappa shape index (κ3) is 5.39. The van der Waals surface area contributed by atoms with Gasteiger partial charge in [-0.1, -0.05) is 6.92 Å². The van der Waals surface area contributed by atoms with E-state index in [-0.39, 0.29) is 6.09 Å². The number of hydrogen-bond donors (Lipinski definition) is 2. The first-order valence-electron chi connectivity index (χ1n) is 6.48. The second-order valence-electron chi connectivity index (χ2n) is 6.17. The number of alkyl carbamates (subject to hydrolysis) is 1. The Labute approximate surface area is 104 Å². The molecule has 4 nitrogen and oxygen atoms in total. The summed E-state index contributed by atoms with van der Waals surface area (Å²) in [7, 11) is 0. The molecule has 1 aliphatic rings. The lowest BCUT2D eigenvalue weighted by atomic mass is 9.85. The van der Waals surface area contributed by atoms with Crippen LogP contribution in [0, 0.1) is 11.8 Å². The maximum Gasteiger partial charge on any atom is 0.407 e. The molecule has 0 aromatic carbocycles. The molecule has 0 spiro atoms. The average molecular weight is 242 g/mol. The molecule has 0 aromatic rings. The van der Waals surface area contributed by atoms with Gasteiger partial charge in [-0.3, -0.25) is 0 Å². The molecule has 4 heteroatoms. The molecule has 0 bridgehead atoms. The zero-order valence-electron chi connectivity index (χ0n) is 11.7. The predicted octanol–water partition coefficient (Wildman–Crippen LogP) is 2.15. The second-order valence-corrected chi connectivity index (χ2v) is 6.17. The van der Waals surface area contributed by atoms with Gasteiger partial charge in [0.25, 0.3) is 0 Å². The van der Waals surface area contributed by atoms with E-state index in [0.717, 1.165) is 6.54 Å². The summed E-state index contributed by atoms with van der Waals surface area (Å²) in [5.41, 5.74) is -0.422. The van der Waals surface area contributed by atoms with E-state index in [1.807, 2.05) is 20.8 Å². The van der Waals surface area contributed by atoms with Crippen molar-refractivity contribution in [1.82, 2.24) is 10.6 Å². The van der Waals surface area contributed by atoms with Gasteiger partial charge in [0.05, 0.1) is 0 Å². The third-order valence-electron chi connectivity index (χ3n) is 3.17. The molecule has 1 fully saturated rings. The van der Waals surface area contributed by atoms with Gasteiger partial charge in [0.1, 0.15) is 5.60 Å². The van der Waals surface area contributed by atoms with Crippen LogP contribution in [-0.2, 0) is 4.74 Å². The summed E-state index contributed by atoms with van der Waals surface area (Å²) in [4.78, 5) is 11.5. The van der Waals surface area contributed by atoms with E-state index >= 15 is 0 Å². The molecule has 2 N–H and O–H groups in total. The first-order chi connectivity index (χ1) is 7.78. The minimum absolute atomic E-state index is 0.316. The summed E-state index contributed by atoms with van der Waals surface area (Å²) >= 11 is 0. The molecule has 100 valence electrons. The molecule has 0 aromatic heterocycles. The standard InChI is InChI=1S/C13H26N2O2/c1-9-6-10(2)14-7-11(9)8-15-12(16)17-13(3,4)5/h9-11,14H,6-8H2,1-5H3,(H,15,16). The van der Waals surface area contributed by atoms with Crippen LogP contribution in [0.3, 0.4) is 0 Å². The Bertz CT molecular complexity index is 261. The van der Waals surface area contributed by atoms with Crippen molar-refractivity contribution in [3.05, 3.63) is 0 Å². The number of hydrogen-bond acceptors (Lipinski definition) is 3. The van der Waals surface area contributed by atoms with E-state index in [4.69, 9.17) is 4.74 Å². The number of ether oxygens (including phenoxy) is 1. The molecular formula is C13H26N2O2. The molecule has 1 saturated heterocycles. The van der Waals surface area contributed by atoms with E-state index in [1.165, 1.54) is 6.42 Å². The summed E-state index contributed by atoms with van der Waals surface area (Å²) in [6.07, 6.45) is 0.851. The SMILES string of the molecule is CC1CC(C)C(CNC(=O)OC(C)(C)C)CN1. The molecular weight excluding hydrogens is 216 g/mol. The predicted molar refractivity (Wildman–Crippen MR) is 69.0 cm³/mol. The highest BCUT2D eigenvalue weighted by molar-refractivity contribution is 5.67. The zero-order chi connectivity index (χ0) is 13.1. The number of piperidine rings is 1. The summed E-state index contributed by atoms with van der Waals surface area (Å²) in [5, 5.41) is 6.30. The van der Waals surface area contributed by atoms with Gasteiger partial charge in [0.2, 0.25) is 0 Å². The van der Waals surface area contributed by atoms with Crippen molar-refractivity contribution in [1.29, 1.82) is 0 Å². The smallest absolute Gasteiger partial charge is 0.407 e. The van der Waals surface area contributed by atoms with Crippen molar-refractivity contribution in [3.63, 3.8) is 0 Å². The summed E-state index contributed by atoms with van der Waals surface area (Å²) in [6, 6.07) is 0.586. The van der Waals surface area contributed by atoms with Gasteiger partial charge >= 0.3 is 6.09 Å². The largest absolute Gasteiger partial charge is 0.444 e. The molecule has 17 heavy (non-hydrogen) atoms. The van der Waals surface area contributed by atoms with E-state index in [9.17, 15) is 4.79 Å². The Morgan fingerprint density at radius 3 is 2.59 bits per heavy atom. The first kappa shape index (κ1) is 14.3. The van der Waals surface area contributed by atoms with E-state index in [1.54, 1.807) is 0 Å². The van der Waals surface area contributed by atoms with Crippen LogP contribution in [0.25, 0.3) is 0 Å². The van der Waals surface area contributed by atoms with Crippen LogP contribution in [0.2, 0.25) is 0 Å². The molecule has 1 rings (SSSR count).